The Balaban J connectivity index is 2.45. The van der Waals surface area contributed by atoms with E-state index in [9.17, 15) is 0 Å². The summed E-state index contributed by atoms with van der Waals surface area (Å²) < 4.78 is 9.03. The van der Waals surface area contributed by atoms with Gasteiger partial charge in [-0.3, -0.25) is 0 Å². The van der Waals surface area contributed by atoms with Crippen molar-refractivity contribution in [3.63, 3.8) is 0 Å². The molecule has 0 saturated heterocycles. The van der Waals surface area contributed by atoms with E-state index in [1.807, 2.05) is 6.92 Å². The van der Waals surface area contributed by atoms with Crippen molar-refractivity contribution in [2.24, 2.45) is 0 Å². The second-order valence-corrected chi connectivity index (χ2v) is 1.14. The molecule has 0 aliphatic carbocycles. The molecule has 0 rings (SSSR count). The van der Waals surface area contributed by atoms with Crippen LogP contribution >= 0.6 is 0 Å². The second kappa shape index (κ2) is 5.92. The predicted molar refractivity (Wildman–Crippen MR) is 26.5 cm³/mol. The quantitative estimate of drug-likeness (QED) is 0.494. The summed E-state index contributed by atoms with van der Waals surface area (Å²) in [7, 11) is 1.51. The maximum absolute atomic E-state index is 4.66. The van der Waals surface area contributed by atoms with Gasteiger partial charge in [-0.15, -0.1) is 0 Å². The standard InChI is InChI=1S/C5H10O2/c1-3-4-7-5-6-2/h3-4H2,1-2H3. The van der Waals surface area contributed by atoms with E-state index in [0.717, 1.165) is 6.42 Å². The van der Waals surface area contributed by atoms with E-state index >= 15 is 0 Å². The molecule has 0 aliphatic rings. The lowest BCUT2D eigenvalue weighted by atomic mass is 10.5. The third-order valence-electron chi connectivity index (χ3n) is 0.448. The van der Waals surface area contributed by atoms with Crippen molar-refractivity contribution in [2.75, 3.05) is 13.7 Å². The van der Waals surface area contributed by atoms with E-state index in [-0.39, 0.29) is 0 Å². The summed E-state index contributed by atoms with van der Waals surface area (Å²) >= 11 is 0. The first kappa shape index (κ1) is 6.92. The molecular formula is C5H10O2. The van der Waals surface area contributed by atoms with Crippen LogP contribution in [-0.2, 0) is 9.47 Å². The van der Waals surface area contributed by atoms with Crippen LogP contribution in [0.1, 0.15) is 13.3 Å². The zero-order valence-corrected chi connectivity index (χ0v) is 4.73. The zero-order chi connectivity index (χ0) is 5.54. The summed E-state index contributed by atoms with van der Waals surface area (Å²) in [5, 5.41) is 0. The third-order valence-corrected chi connectivity index (χ3v) is 0.448. The van der Waals surface area contributed by atoms with Crippen LogP contribution in [0.25, 0.3) is 0 Å². The minimum Gasteiger partial charge on any atom is -0.344 e. The molecule has 0 spiro atoms. The lowest BCUT2D eigenvalue weighted by Crippen LogP contribution is -1.89. The molecule has 0 aromatic heterocycles. The van der Waals surface area contributed by atoms with Crippen LogP contribution in [-0.4, -0.2) is 13.7 Å². The average molecular weight is 102 g/mol. The molecule has 0 fully saturated rings. The Labute approximate surface area is 44.4 Å². The van der Waals surface area contributed by atoms with Crippen LogP contribution in [0, 0.1) is 6.79 Å². The highest BCUT2D eigenvalue weighted by Gasteiger charge is 1.81. The van der Waals surface area contributed by atoms with Crippen molar-refractivity contribution >= 4 is 0 Å². The second-order valence-electron chi connectivity index (χ2n) is 1.14. The molecular weight excluding hydrogens is 92.1 g/mol. The fourth-order valence-electron chi connectivity index (χ4n) is 0.203. The molecule has 2 radical (unpaired) electrons. The van der Waals surface area contributed by atoms with Gasteiger partial charge in [-0.2, -0.15) is 0 Å². The van der Waals surface area contributed by atoms with Crippen molar-refractivity contribution in [3.05, 3.63) is 6.79 Å². The van der Waals surface area contributed by atoms with Gasteiger partial charge in [0, 0.05) is 7.11 Å². The van der Waals surface area contributed by atoms with E-state index in [1.54, 1.807) is 0 Å². The van der Waals surface area contributed by atoms with Gasteiger partial charge in [0.2, 0.25) is 0 Å². The molecule has 0 N–H and O–H groups in total. The molecule has 0 aromatic carbocycles. The fraction of sp³-hybridized carbons (Fsp3) is 0.800. The van der Waals surface area contributed by atoms with Gasteiger partial charge in [0.25, 0.3) is 6.79 Å². The maximum atomic E-state index is 4.66. The Morgan fingerprint density at radius 3 is 2.71 bits per heavy atom. The summed E-state index contributed by atoms with van der Waals surface area (Å²) in [5.74, 6) is 0. The maximum Gasteiger partial charge on any atom is 0.291 e. The topological polar surface area (TPSA) is 18.5 Å². The number of hydrogen-bond acceptors (Lipinski definition) is 2. The Morgan fingerprint density at radius 1 is 1.57 bits per heavy atom. The smallest absolute Gasteiger partial charge is 0.291 e. The van der Waals surface area contributed by atoms with E-state index in [0.29, 0.717) is 6.61 Å². The SMILES string of the molecule is CCCO[C]OC. The van der Waals surface area contributed by atoms with E-state index in [2.05, 4.69) is 16.3 Å². The van der Waals surface area contributed by atoms with Crippen molar-refractivity contribution in [1.29, 1.82) is 0 Å². The molecule has 0 amide bonds. The van der Waals surface area contributed by atoms with Crippen LogP contribution < -0.4 is 0 Å². The highest BCUT2D eigenvalue weighted by Crippen LogP contribution is 1.82. The first-order valence-electron chi connectivity index (χ1n) is 2.31. The summed E-state index contributed by atoms with van der Waals surface area (Å²) in [6, 6.07) is 0. The molecule has 0 bridgehead atoms. The van der Waals surface area contributed by atoms with E-state index in [1.165, 1.54) is 7.11 Å². The lowest BCUT2D eigenvalue weighted by molar-refractivity contribution is 0.0473. The third kappa shape index (κ3) is 5.92. The Hall–Kier alpha value is -0.0800. The van der Waals surface area contributed by atoms with Crippen LogP contribution in [0.15, 0.2) is 0 Å². The normalized spacial score (nSPS) is 9.43. The molecule has 2 heteroatoms. The molecule has 0 atom stereocenters. The largest absolute Gasteiger partial charge is 0.344 e. The predicted octanol–water partition coefficient (Wildman–Crippen LogP) is 1.06. The van der Waals surface area contributed by atoms with Gasteiger partial charge in [0.15, 0.2) is 0 Å². The molecule has 7 heavy (non-hydrogen) atoms. The summed E-state index contributed by atoms with van der Waals surface area (Å²) in [6.07, 6.45) is 0.996. The van der Waals surface area contributed by atoms with Gasteiger partial charge in [-0.1, -0.05) is 6.92 Å². The molecule has 0 unspecified atom stereocenters. The Morgan fingerprint density at radius 2 is 2.29 bits per heavy atom. The van der Waals surface area contributed by atoms with Gasteiger partial charge < -0.3 is 9.47 Å². The van der Waals surface area contributed by atoms with Crippen LogP contribution in [0.3, 0.4) is 0 Å². The van der Waals surface area contributed by atoms with Crippen molar-refractivity contribution in [2.45, 2.75) is 13.3 Å². The number of rotatable bonds is 4. The molecule has 0 aromatic rings. The monoisotopic (exact) mass is 102 g/mol. The highest BCUT2D eigenvalue weighted by atomic mass is 16.7. The number of hydrogen-bond donors (Lipinski definition) is 0. The average Bonchev–Trinajstić information content (AvgIpc) is 1.69. The molecule has 0 heterocycles. The molecule has 0 aliphatic heterocycles. The van der Waals surface area contributed by atoms with Gasteiger partial charge in [0.05, 0.1) is 6.61 Å². The van der Waals surface area contributed by atoms with Crippen LogP contribution in [0.5, 0.6) is 0 Å². The first-order chi connectivity index (χ1) is 3.41. The van der Waals surface area contributed by atoms with Gasteiger partial charge in [-0.05, 0) is 6.42 Å². The number of methoxy groups -OCH3 is 1. The fourth-order valence-corrected chi connectivity index (χ4v) is 0.203. The van der Waals surface area contributed by atoms with Crippen molar-refractivity contribution in [1.82, 2.24) is 0 Å². The summed E-state index contributed by atoms with van der Waals surface area (Å²) in [4.78, 5) is 0. The Bertz CT molecular complexity index is 25.3. The van der Waals surface area contributed by atoms with E-state index < -0.39 is 0 Å². The van der Waals surface area contributed by atoms with Crippen LogP contribution in [0.2, 0.25) is 0 Å². The molecule has 0 saturated carbocycles. The molecule has 42 valence electrons. The summed E-state index contributed by atoms with van der Waals surface area (Å²) in [6.45, 7) is 4.96. The van der Waals surface area contributed by atoms with Gasteiger partial charge >= 0.3 is 0 Å². The lowest BCUT2D eigenvalue weighted by Gasteiger charge is -1.93. The van der Waals surface area contributed by atoms with Crippen molar-refractivity contribution in [3.8, 4) is 0 Å². The highest BCUT2D eigenvalue weighted by molar-refractivity contribution is 4.26. The summed E-state index contributed by atoms with van der Waals surface area (Å²) in [5.41, 5.74) is 0. The van der Waals surface area contributed by atoms with Gasteiger partial charge in [0.1, 0.15) is 0 Å². The first-order valence-corrected chi connectivity index (χ1v) is 2.31. The molecule has 2 nitrogen and oxygen atoms in total. The Kier molecular flexibility index (Phi) is 5.85. The minimum absolute atomic E-state index is 0.688. The van der Waals surface area contributed by atoms with E-state index in [4.69, 9.17) is 0 Å². The zero-order valence-electron chi connectivity index (χ0n) is 4.73. The minimum atomic E-state index is 0.688. The van der Waals surface area contributed by atoms with Crippen LogP contribution in [0.4, 0.5) is 0 Å². The number of ether oxygens (including phenoxy) is 2. The van der Waals surface area contributed by atoms with Gasteiger partial charge in [-0.25, -0.2) is 0 Å². The van der Waals surface area contributed by atoms with Crippen molar-refractivity contribution < 1.29 is 9.47 Å².